The molecule has 0 saturated carbocycles. The number of halogens is 1. The summed E-state index contributed by atoms with van der Waals surface area (Å²) in [5.41, 5.74) is 3.47. The summed E-state index contributed by atoms with van der Waals surface area (Å²) in [6, 6.07) is 9.11. The zero-order chi connectivity index (χ0) is 19.8. The lowest BCUT2D eigenvalue weighted by Crippen LogP contribution is -2.22. The van der Waals surface area contributed by atoms with E-state index >= 15 is 0 Å². The SMILES string of the molecule is Cc1nn2c(nnc3c(=O)n(CCCC(=O)O)ccc32)c1-c1ccc(Cl)cc1. The minimum Gasteiger partial charge on any atom is -0.481 e. The van der Waals surface area contributed by atoms with Gasteiger partial charge in [0.2, 0.25) is 0 Å². The van der Waals surface area contributed by atoms with Crippen LogP contribution in [-0.2, 0) is 11.3 Å². The summed E-state index contributed by atoms with van der Waals surface area (Å²) in [5, 5.41) is 22.3. The van der Waals surface area contributed by atoms with Crippen LogP contribution in [-0.4, -0.2) is 35.5 Å². The number of nitrogens with zero attached hydrogens (tertiary/aromatic N) is 5. The van der Waals surface area contributed by atoms with E-state index < -0.39 is 5.97 Å². The summed E-state index contributed by atoms with van der Waals surface area (Å²) in [5.74, 6) is -0.892. The fraction of sp³-hybridized carbons (Fsp3) is 0.211. The van der Waals surface area contributed by atoms with Crippen molar-refractivity contribution >= 4 is 34.3 Å². The molecule has 142 valence electrons. The molecule has 8 nitrogen and oxygen atoms in total. The molecule has 0 unspecified atom stereocenters. The molecule has 0 atom stereocenters. The van der Waals surface area contributed by atoms with Gasteiger partial charge in [-0.05, 0) is 37.1 Å². The second kappa shape index (κ2) is 7.05. The lowest BCUT2D eigenvalue weighted by atomic mass is 10.1. The topological polar surface area (TPSA) is 102 Å². The quantitative estimate of drug-likeness (QED) is 0.555. The Morgan fingerprint density at radius 1 is 1.18 bits per heavy atom. The van der Waals surface area contributed by atoms with Crippen molar-refractivity contribution in [3.8, 4) is 11.1 Å². The number of carboxylic acids is 1. The van der Waals surface area contributed by atoms with Crippen molar-refractivity contribution in [1.29, 1.82) is 0 Å². The van der Waals surface area contributed by atoms with Gasteiger partial charge in [-0.15, -0.1) is 10.2 Å². The van der Waals surface area contributed by atoms with Gasteiger partial charge in [0.25, 0.3) is 5.56 Å². The van der Waals surface area contributed by atoms with Crippen LogP contribution in [0, 0.1) is 6.92 Å². The Kier molecular flexibility index (Phi) is 4.56. The molecule has 0 amide bonds. The van der Waals surface area contributed by atoms with Gasteiger partial charge in [-0.3, -0.25) is 9.59 Å². The number of benzene rings is 1. The maximum atomic E-state index is 12.7. The van der Waals surface area contributed by atoms with Crippen molar-refractivity contribution in [2.24, 2.45) is 0 Å². The maximum Gasteiger partial charge on any atom is 0.303 e. The monoisotopic (exact) mass is 397 g/mol. The number of hydrogen-bond donors (Lipinski definition) is 1. The first-order valence-corrected chi connectivity index (χ1v) is 9.06. The number of aromatic nitrogens is 5. The van der Waals surface area contributed by atoms with Crippen LogP contribution >= 0.6 is 11.6 Å². The van der Waals surface area contributed by atoms with Crippen LogP contribution in [0.4, 0.5) is 0 Å². The molecule has 0 aliphatic carbocycles. The van der Waals surface area contributed by atoms with E-state index in [0.717, 1.165) is 16.8 Å². The second-order valence-electron chi connectivity index (χ2n) is 6.45. The summed E-state index contributed by atoms with van der Waals surface area (Å²) in [4.78, 5) is 23.4. The Labute approximate surface area is 164 Å². The number of fused-ring (bicyclic) bond motifs is 3. The number of carbonyl (C=O) groups is 1. The molecular formula is C19H16ClN5O3. The molecular weight excluding hydrogens is 382 g/mol. The Bertz CT molecular complexity index is 1260. The molecule has 1 aromatic carbocycles. The average molecular weight is 398 g/mol. The van der Waals surface area contributed by atoms with Crippen LogP contribution < -0.4 is 5.56 Å². The van der Waals surface area contributed by atoms with Crippen LogP contribution in [0.1, 0.15) is 18.5 Å². The van der Waals surface area contributed by atoms with Crippen molar-refractivity contribution in [1.82, 2.24) is 24.4 Å². The van der Waals surface area contributed by atoms with Crippen LogP contribution in [0.15, 0.2) is 41.3 Å². The van der Waals surface area contributed by atoms with Gasteiger partial charge in [0.15, 0.2) is 11.2 Å². The largest absolute Gasteiger partial charge is 0.481 e. The third-order valence-electron chi connectivity index (χ3n) is 4.55. The molecule has 0 aliphatic heterocycles. The number of hydrogen-bond acceptors (Lipinski definition) is 5. The summed E-state index contributed by atoms with van der Waals surface area (Å²) >= 11 is 5.98. The number of rotatable bonds is 5. The minimum atomic E-state index is -0.892. The Morgan fingerprint density at radius 2 is 1.93 bits per heavy atom. The fourth-order valence-electron chi connectivity index (χ4n) is 3.22. The van der Waals surface area contributed by atoms with E-state index in [4.69, 9.17) is 16.7 Å². The Morgan fingerprint density at radius 3 is 2.64 bits per heavy atom. The van der Waals surface area contributed by atoms with Gasteiger partial charge < -0.3 is 9.67 Å². The molecule has 1 N–H and O–H groups in total. The van der Waals surface area contributed by atoms with Gasteiger partial charge in [-0.25, -0.2) is 4.52 Å². The van der Waals surface area contributed by atoms with Crippen molar-refractivity contribution in [2.75, 3.05) is 0 Å². The molecule has 0 bridgehead atoms. The summed E-state index contributed by atoms with van der Waals surface area (Å²) in [7, 11) is 0. The highest BCUT2D eigenvalue weighted by Gasteiger charge is 2.17. The molecule has 4 aromatic rings. The van der Waals surface area contributed by atoms with E-state index in [1.54, 1.807) is 28.9 Å². The van der Waals surface area contributed by atoms with Crippen molar-refractivity contribution in [3.05, 3.63) is 57.6 Å². The van der Waals surface area contributed by atoms with Gasteiger partial charge in [0, 0.05) is 24.2 Å². The Balaban J connectivity index is 1.83. The maximum absolute atomic E-state index is 12.7. The highest BCUT2D eigenvalue weighted by Crippen LogP contribution is 2.28. The first-order valence-electron chi connectivity index (χ1n) is 8.68. The molecule has 0 radical (unpaired) electrons. The highest BCUT2D eigenvalue weighted by molar-refractivity contribution is 6.30. The fourth-order valence-corrected chi connectivity index (χ4v) is 3.35. The van der Waals surface area contributed by atoms with E-state index in [-0.39, 0.29) is 17.5 Å². The number of aryl methyl sites for hydroxylation is 2. The van der Waals surface area contributed by atoms with E-state index in [2.05, 4.69) is 15.3 Å². The predicted molar refractivity (Wildman–Crippen MR) is 105 cm³/mol. The van der Waals surface area contributed by atoms with Gasteiger partial charge in [0.1, 0.15) is 5.52 Å². The van der Waals surface area contributed by atoms with E-state index in [1.165, 1.54) is 4.57 Å². The van der Waals surface area contributed by atoms with Gasteiger partial charge in [0.05, 0.1) is 11.3 Å². The first kappa shape index (κ1) is 18.1. The van der Waals surface area contributed by atoms with Crippen LogP contribution in [0.2, 0.25) is 5.02 Å². The summed E-state index contributed by atoms with van der Waals surface area (Å²) in [6.07, 6.45) is 1.99. The average Bonchev–Trinajstić information content (AvgIpc) is 3.00. The first-order chi connectivity index (χ1) is 13.5. The lowest BCUT2D eigenvalue weighted by Gasteiger charge is -2.06. The van der Waals surface area contributed by atoms with Gasteiger partial charge in [-0.2, -0.15) is 5.10 Å². The molecule has 0 aliphatic rings. The number of pyridine rings is 1. The van der Waals surface area contributed by atoms with Crippen molar-refractivity contribution < 1.29 is 9.90 Å². The normalized spacial score (nSPS) is 11.4. The Hall–Kier alpha value is -3.26. The molecule has 9 heteroatoms. The molecule has 3 aromatic heterocycles. The molecule has 3 heterocycles. The standard InChI is InChI=1S/C19H16ClN5O3/c1-11-16(12-4-6-13(20)7-5-12)18-22-21-17-14(25(18)23-11)8-10-24(19(17)28)9-2-3-15(26)27/h4-8,10H,2-3,9H2,1H3,(H,26,27). The van der Waals surface area contributed by atoms with E-state index in [0.29, 0.717) is 29.2 Å². The van der Waals surface area contributed by atoms with Crippen molar-refractivity contribution in [3.63, 3.8) is 0 Å². The van der Waals surface area contributed by atoms with Crippen LogP contribution in [0.25, 0.3) is 27.8 Å². The van der Waals surface area contributed by atoms with Gasteiger partial charge >= 0.3 is 5.97 Å². The van der Waals surface area contributed by atoms with Crippen molar-refractivity contribution in [2.45, 2.75) is 26.3 Å². The smallest absolute Gasteiger partial charge is 0.303 e. The molecule has 0 spiro atoms. The molecule has 28 heavy (non-hydrogen) atoms. The number of carboxylic acid groups (broad SMARTS) is 1. The lowest BCUT2D eigenvalue weighted by molar-refractivity contribution is -0.137. The third-order valence-corrected chi connectivity index (χ3v) is 4.80. The summed E-state index contributed by atoms with van der Waals surface area (Å²) in [6.45, 7) is 2.17. The third kappa shape index (κ3) is 3.11. The molecule has 0 saturated heterocycles. The van der Waals surface area contributed by atoms with Gasteiger partial charge in [-0.1, -0.05) is 23.7 Å². The predicted octanol–water partition coefficient (Wildman–Crippen LogP) is 2.93. The zero-order valence-electron chi connectivity index (χ0n) is 15.0. The van der Waals surface area contributed by atoms with Crippen LogP contribution in [0.3, 0.4) is 0 Å². The molecule has 4 rings (SSSR count). The number of aliphatic carboxylic acids is 1. The molecule has 0 fully saturated rings. The van der Waals surface area contributed by atoms with Crippen LogP contribution in [0.5, 0.6) is 0 Å². The van der Waals surface area contributed by atoms with E-state index in [1.807, 2.05) is 19.1 Å². The highest BCUT2D eigenvalue weighted by atomic mass is 35.5. The zero-order valence-corrected chi connectivity index (χ0v) is 15.7. The summed E-state index contributed by atoms with van der Waals surface area (Å²) < 4.78 is 3.06. The van der Waals surface area contributed by atoms with E-state index in [9.17, 15) is 9.59 Å². The minimum absolute atomic E-state index is 0.00199. The second-order valence-corrected chi connectivity index (χ2v) is 6.88.